The average Bonchev–Trinajstić information content (AvgIpc) is 2.29. The second kappa shape index (κ2) is 4.92. The molecule has 0 atom stereocenters. The second-order valence-electron chi connectivity index (χ2n) is 2.40. The lowest BCUT2D eigenvalue weighted by molar-refractivity contribution is 0.972. The third-order valence-electron chi connectivity index (χ3n) is 1.39. The lowest BCUT2D eigenvalue weighted by Crippen LogP contribution is -2.04. The van der Waals surface area contributed by atoms with Gasteiger partial charge in [0.15, 0.2) is 11.6 Å². The molecule has 2 heterocycles. The SMILES string of the molecule is C1=CSNC(N=NC2=CC=CSN2)=C1. The summed E-state index contributed by atoms with van der Waals surface area (Å²) in [5.41, 5.74) is 0. The molecular formula is C8H8N4S2. The maximum atomic E-state index is 4.03. The highest BCUT2D eigenvalue weighted by atomic mass is 32.2. The smallest absolute Gasteiger partial charge is 0.158 e. The fourth-order valence-electron chi connectivity index (χ4n) is 0.811. The molecule has 0 radical (unpaired) electrons. The van der Waals surface area contributed by atoms with Crippen molar-refractivity contribution in [3.8, 4) is 0 Å². The molecule has 0 spiro atoms. The first-order valence-corrected chi connectivity index (χ1v) is 5.70. The molecule has 6 heteroatoms. The van der Waals surface area contributed by atoms with Crippen LogP contribution in [0.5, 0.6) is 0 Å². The minimum absolute atomic E-state index is 0.750. The number of azo groups is 1. The van der Waals surface area contributed by atoms with Crippen LogP contribution in [0.3, 0.4) is 0 Å². The molecule has 0 fully saturated rings. The first kappa shape index (κ1) is 9.42. The van der Waals surface area contributed by atoms with E-state index in [1.165, 1.54) is 23.9 Å². The summed E-state index contributed by atoms with van der Waals surface area (Å²) >= 11 is 2.96. The molecule has 0 bridgehead atoms. The molecule has 72 valence electrons. The summed E-state index contributed by atoms with van der Waals surface area (Å²) in [6.45, 7) is 0. The largest absolute Gasteiger partial charge is 0.309 e. The van der Waals surface area contributed by atoms with E-state index in [-0.39, 0.29) is 0 Å². The number of hydrogen-bond acceptors (Lipinski definition) is 6. The highest BCUT2D eigenvalue weighted by Crippen LogP contribution is 2.13. The van der Waals surface area contributed by atoms with Crippen molar-refractivity contribution in [3.63, 3.8) is 0 Å². The van der Waals surface area contributed by atoms with E-state index in [0.717, 1.165) is 11.6 Å². The molecule has 2 rings (SSSR count). The molecular weight excluding hydrogens is 216 g/mol. The van der Waals surface area contributed by atoms with E-state index in [2.05, 4.69) is 19.7 Å². The van der Waals surface area contributed by atoms with Gasteiger partial charge in [0.1, 0.15) is 0 Å². The number of allylic oxidation sites excluding steroid dienone is 4. The fraction of sp³-hybridized carbons (Fsp3) is 0. The number of nitrogens with one attached hydrogen (secondary N) is 2. The van der Waals surface area contributed by atoms with Crippen molar-refractivity contribution in [2.75, 3.05) is 0 Å². The Kier molecular flexibility index (Phi) is 3.31. The van der Waals surface area contributed by atoms with E-state index in [9.17, 15) is 0 Å². The molecule has 0 amide bonds. The van der Waals surface area contributed by atoms with Crippen LogP contribution in [0.4, 0.5) is 0 Å². The van der Waals surface area contributed by atoms with Gasteiger partial charge in [0, 0.05) is 0 Å². The molecule has 2 N–H and O–H groups in total. The van der Waals surface area contributed by atoms with Gasteiger partial charge in [-0.1, -0.05) is 12.2 Å². The monoisotopic (exact) mass is 224 g/mol. The Morgan fingerprint density at radius 3 is 1.71 bits per heavy atom. The van der Waals surface area contributed by atoms with E-state index < -0.39 is 0 Å². The van der Waals surface area contributed by atoms with E-state index >= 15 is 0 Å². The summed E-state index contributed by atoms with van der Waals surface area (Å²) in [5, 5.41) is 11.9. The normalized spacial score (nSPS) is 20.0. The van der Waals surface area contributed by atoms with E-state index in [4.69, 9.17) is 0 Å². The molecule has 2 aliphatic rings. The van der Waals surface area contributed by atoms with Crippen LogP contribution in [0, 0.1) is 0 Å². The third kappa shape index (κ3) is 2.68. The number of hydrogen-bond donors (Lipinski definition) is 2. The Labute approximate surface area is 90.6 Å². The van der Waals surface area contributed by atoms with Crippen molar-refractivity contribution in [1.82, 2.24) is 9.44 Å². The molecule has 0 saturated carbocycles. The van der Waals surface area contributed by atoms with Gasteiger partial charge >= 0.3 is 0 Å². The van der Waals surface area contributed by atoms with Gasteiger partial charge in [-0.2, -0.15) is 0 Å². The van der Waals surface area contributed by atoms with Crippen LogP contribution in [0.2, 0.25) is 0 Å². The van der Waals surface area contributed by atoms with Crippen molar-refractivity contribution >= 4 is 23.9 Å². The lowest BCUT2D eigenvalue weighted by atomic mass is 10.5. The van der Waals surface area contributed by atoms with Crippen molar-refractivity contribution in [2.45, 2.75) is 0 Å². The third-order valence-corrected chi connectivity index (χ3v) is 2.63. The molecule has 0 aromatic heterocycles. The Balaban J connectivity index is 1.98. The van der Waals surface area contributed by atoms with Crippen LogP contribution in [0.25, 0.3) is 0 Å². The van der Waals surface area contributed by atoms with Gasteiger partial charge in [-0.3, -0.25) is 0 Å². The number of rotatable bonds is 2. The molecule has 4 nitrogen and oxygen atoms in total. The number of nitrogens with zero attached hydrogens (tertiary/aromatic N) is 2. The summed E-state index contributed by atoms with van der Waals surface area (Å²) in [4.78, 5) is 0. The van der Waals surface area contributed by atoms with Gasteiger partial charge in [0.05, 0.1) is 0 Å². The maximum Gasteiger partial charge on any atom is 0.158 e. The van der Waals surface area contributed by atoms with Gasteiger partial charge < -0.3 is 9.44 Å². The van der Waals surface area contributed by atoms with Crippen molar-refractivity contribution in [2.24, 2.45) is 10.2 Å². The van der Waals surface area contributed by atoms with Crippen LogP contribution in [0.1, 0.15) is 0 Å². The van der Waals surface area contributed by atoms with Crippen LogP contribution < -0.4 is 9.44 Å². The van der Waals surface area contributed by atoms with Crippen LogP contribution in [0.15, 0.2) is 57.0 Å². The standard InChI is InChI=1S/C8H8N4S2/c1-3-7(11-13-5-1)9-10-8-4-2-6-14-12-8/h1-6,11-12H. The predicted molar refractivity (Wildman–Crippen MR) is 60.8 cm³/mol. The molecule has 0 unspecified atom stereocenters. The summed E-state index contributed by atoms with van der Waals surface area (Å²) < 4.78 is 6.02. The Morgan fingerprint density at radius 1 is 0.857 bits per heavy atom. The lowest BCUT2D eigenvalue weighted by Gasteiger charge is -2.06. The van der Waals surface area contributed by atoms with Gasteiger partial charge in [-0.15, -0.1) is 10.2 Å². The van der Waals surface area contributed by atoms with Crippen LogP contribution in [-0.2, 0) is 0 Å². The van der Waals surface area contributed by atoms with Crippen LogP contribution in [-0.4, -0.2) is 0 Å². The van der Waals surface area contributed by atoms with Crippen LogP contribution >= 0.6 is 23.9 Å². The van der Waals surface area contributed by atoms with Crippen molar-refractivity contribution < 1.29 is 0 Å². The summed E-state index contributed by atoms with van der Waals surface area (Å²) in [5.74, 6) is 1.50. The fourth-order valence-corrected chi connectivity index (χ4v) is 1.72. The van der Waals surface area contributed by atoms with Gasteiger partial charge in [0.25, 0.3) is 0 Å². The zero-order valence-electron chi connectivity index (χ0n) is 7.18. The highest BCUT2D eigenvalue weighted by molar-refractivity contribution is 8.00. The second-order valence-corrected chi connectivity index (χ2v) is 3.82. The maximum absolute atomic E-state index is 4.03. The predicted octanol–water partition coefficient (Wildman–Crippen LogP) is 2.65. The summed E-state index contributed by atoms with van der Waals surface area (Å²) in [6, 6.07) is 0. The van der Waals surface area contributed by atoms with E-state index in [1.807, 2.05) is 35.1 Å². The highest BCUT2D eigenvalue weighted by Gasteiger charge is 1.98. The Bertz CT molecular complexity index is 320. The van der Waals surface area contributed by atoms with Gasteiger partial charge in [-0.25, -0.2) is 0 Å². The molecule has 2 aliphatic heterocycles. The van der Waals surface area contributed by atoms with Gasteiger partial charge in [0.2, 0.25) is 0 Å². The molecule has 14 heavy (non-hydrogen) atoms. The average molecular weight is 224 g/mol. The Morgan fingerprint density at radius 2 is 1.36 bits per heavy atom. The first-order valence-electron chi connectivity index (χ1n) is 3.94. The van der Waals surface area contributed by atoms with Gasteiger partial charge in [-0.05, 0) is 46.9 Å². The first-order chi connectivity index (χ1) is 6.95. The molecule has 0 saturated heterocycles. The topological polar surface area (TPSA) is 48.8 Å². The quantitative estimate of drug-likeness (QED) is 0.559. The minimum Gasteiger partial charge on any atom is -0.309 e. The minimum atomic E-state index is 0.750. The van der Waals surface area contributed by atoms with E-state index in [0.29, 0.717) is 0 Å². The van der Waals surface area contributed by atoms with Crippen molar-refractivity contribution in [3.05, 3.63) is 46.8 Å². The Hall–Kier alpha value is -1.14. The van der Waals surface area contributed by atoms with E-state index in [1.54, 1.807) is 0 Å². The summed E-state index contributed by atoms with van der Waals surface area (Å²) in [7, 11) is 0. The molecule has 0 aliphatic carbocycles. The zero-order valence-corrected chi connectivity index (χ0v) is 8.81. The zero-order chi connectivity index (χ0) is 9.64. The molecule has 0 aromatic carbocycles. The van der Waals surface area contributed by atoms with Crippen molar-refractivity contribution in [1.29, 1.82) is 0 Å². The summed E-state index contributed by atoms with van der Waals surface area (Å²) in [6.07, 6.45) is 7.58. The molecule has 0 aromatic rings.